The van der Waals surface area contributed by atoms with E-state index in [0.717, 1.165) is 0 Å². The summed E-state index contributed by atoms with van der Waals surface area (Å²) in [6.07, 6.45) is 3.18. The smallest absolute Gasteiger partial charge is 0.326 e. The minimum absolute atomic E-state index is 0.0645. The Morgan fingerprint density at radius 3 is 3.10 bits per heavy atom. The van der Waals surface area contributed by atoms with Gasteiger partial charge in [0, 0.05) is 24.9 Å². The molecule has 0 bridgehead atoms. The number of ether oxygens (including phenoxy) is 1. The van der Waals surface area contributed by atoms with Crippen LogP contribution in [0.3, 0.4) is 0 Å². The zero-order valence-electron chi connectivity index (χ0n) is 11.2. The second-order valence-corrected chi connectivity index (χ2v) is 4.74. The van der Waals surface area contributed by atoms with Crippen LogP contribution in [0, 0.1) is 0 Å². The molecule has 1 unspecified atom stereocenters. The summed E-state index contributed by atoms with van der Waals surface area (Å²) >= 11 is 0. The molecule has 1 aliphatic rings. The minimum Gasteiger partial charge on any atom is -0.480 e. The third kappa shape index (κ3) is 3.47. The number of urea groups is 1. The monoisotopic (exact) mass is 282 g/mol. The highest BCUT2D eigenvalue weighted by Crippen LogP contribution is 2.07. The number of aromatic nitrogens is 2. The van der Waals surface area contributed by atoms with E-state index in [0.29, 0.717) is 25.5 Å². The van der Waals surface area contributed by atoms with Crippen molar-refractivity contribution in [3.8, 4) is 0 Å². The number of hydrogen-bond acceptors (Lipinski definition) is 4. The molecule has 8 nitrogen and oxygen atoms in total. The zero-order chi connectivity index (χ0) is 14.5. The van der Waals surface area contributed by atoms with Crippen molar-refractivity contribution in [1.29, 1.82) is 0 Å². The lowest BCUT2D eigenvalue weighted by atomic mass is 10.1. The van der Waals surface area contributed by atoms with Gasteiger partial charge in [0.05, 0.1) is 25.6 Å². The van der Waals surface area contributed by atoms with E-state index in [9.17, 15) is 14.7 Å². The maximum Gasteiger partial charge on any atom is 0.326 e. The molecule has 0 radical (unpaired) electrons. The van der Waals surface area contributed by atoms with Crippen LogP contribution < -0.4 is 5.32 Å². The number of morpholine rings is 1. The predicted octanol–water partition coefficient (Wildman–Crippen LogP) is -0.164. The first kappa shape index (κ1) is 14.3. The predicted molar refractivity (Wildman–Crippen MR) is 69.2 cm³/mol. The van der Waals surface area contributed by atoms with Gasteiger partial charge in [-0.05, 0) is 6.92 Å². The van der Waals surface area contributed by atoms with Gasteiger partial charge in [-0.3, -0.25) is 0 Å². The molecule has 1 fully saturated rings. The lowest BCUT2D eigenvalue weighted by molar-refractivity contribution is -0.139. The number of nitrogens with one attached hydrogen (secondary N) is 2. The molecule has 110 valence electrons. The van der Waals surface area contributed by atoms with E-state index < -0.39 is 12.0 Å². The Kier molecular flexibility index (Phi) is 4.57. The van der Waals surface area contributed by atoms with Crippen molar-refractivity contribution in [3.05, 3.63) is 18.2 Å². The fourth-order valence-electron chi connectivity index (χ4n) is 2.08. The number of carbonyl (C=O) groups excluding carboxylic acids is 1. The van der Waals surface area contributed by atoms with Gasteiger partial charge in [0.1, 0.15) is 6.04 Å². The summed E-state index contributed by atoms with van der Waals surface area (Å²) in [7, 11) is 0. The lowest BCUT2D eigenvalue weighted by Crippen LogP contribution is -2.55. The Morgan fingerprint density at radius 1 is 1.70 bits per heavy atom. The molecule has 0 saturated carbocycles. The Morgan fingerprint density at radius 2 is 2.50 bits per heavy atom. The van der Waals surface area contributed by atoms with Crippen LogP contribution in [0.25, 0.3) is 0 Å². The van der Waals surface area contributed by atoms with Gasteiger partial charge in [-0.15, -0.1) is 0 Å². The highest BCUT2D eigenvalue weighted by atomic mass is 16.5. The van der Waals surface area contributed by atoms with E-state index in [4.69, 9.17) is 4.74 Å². The molecule has 1 saturated heterocycles. The third-order valence-corrected chi connectivity index (χ3v) is 3.20. The Bertz CT molecular complexity index is 462. The second-order valence-electron chi connectivity index (χ2n) is 4.74. The summed E-state index contributed by atoms with van der Waals surface area (Å²) in [5, 5.41) is 11.7. The first-order valence-electron chi connectivity index (χ1n) is 6.43. The minimum atomic E-state index is -1.08. The van der Waals surface area contributed by atoms with E-state index in [1.165, 1.54) is 6.33 Å². The molecule has 2 rings (SSSR count). The molecule has 0 spiro atoms. The van der Waals surface area contributed by atoms with Gasteiger partial charge < -0.3 is 25.0 Å². The molecule has 0 aromatic carbocycles. The van der Waals surface area contributed by atoms with Crippen molar-refractivity contribution >= 4 is 12.0 Å². The number of amides is 2. The molecule has 0 aliphatic carbocycles. The number of imidazole rings is 1. The van der Waals surface area contributed by atoms with E-state index in [-0.39, 0.29) is 18.5 Å². The van der Waals surface area contributed by atoms with Gasteiger partial charge in [0.2, 0.25) is 0 Å². The summed E-state index contributed by atoms with van der Waals surface area (Å²) in [5.41, 5.74) is 0.660. The van der Waals surface area contributed by atoms with Crippen molar-refractivity contribution < 1.29 is 19.4 Å². The quantitative estimate of drug-likeness (QED) is 0.711. The summed E-state index contributed by atoms with van der Waals surface area (Å²) in [5.74, 6) is -1.08. The van der Waals surface area contributed by atoms with Crippen molar-refractivity contribution in [1.82, 2.24) is 20.2 Å². The average Bonchev–Trinajstić information content (AvgIpc) is 2.91. The van der Waals surface area contributed by atoms with Gasteiger partial charge in [-0.25, -0.2) is 14.6 Å². The zero-order valence-corrected chi connectivity index (χ0v) is 11.2. The first-order valence-corrected chi connectivity index (χ1v) is 6.43. The topological polar surface area (TPSA) is 108 Å². The molecule has 20 heavy (non-hydrogen) atoms. The molecule has 1 aromatic rings. The molecule has 2 amide bonds. The Labute approximate surface area is 116 Å². The number of nitrogens with zero attached hydrogens (tertiary/aromatic N) is 2. The Balaban J connectivity index is 1.96. The number of H-pyrrole nitrogens is 1. The first-order chi connectivity index (χ1) is 9.58. The van der Waals surface area contributed by atoms with E-state index in [1.807, 2.05) is 6.92 Å². The third-order valence-electron chi connectivity index (χ3n) is 3.20. The molecule has 1 aromatic heterocycles. The van der Waals surface area contributed by atoms with Crippen LogP contribution in [0.5, 0.6) is 0 Å². The van der Waals surface area contributed by atoms with E-state index >= 15 is 0 Å². The molecular weight excluding hydrogens is 264 g/mol. The van der Waals surface area contributed by atoms with Crippen LogP contribution in [0.2, 0.25) is 0 Å². The van der Waals surface area contributed by atoms with Crippen molar-refractivity contribution in [2.24, 2.45) is 0 Å². The molecule has 2 atom stereocenters. The fourth-order valence-corrected chi connectivity index (χ4v) is 2.08. The van der Waals surface area contributed by atoms with Crippen molar-refractivity contribution in [3.63, 3.8) is 0 Å². The van der Waals surface area contributed by atoms with Gasteiger partial charge in [0.25, 0.3) is 0 Å². The summed E-state index contributed by atoms with van der Waals surface area (Å²) < 4.78 is 5.25. The van der Waals surface area contributed by atoms with Gasteiger partial charge >= 0.3 is 12.0 Å². The van der Waals surface area contributed by atoms with E-state index in [2.05, 4.69) is 15.3 Å². The number of aliphatic carboxylic acids is 1. The Hall–Kier alpha value is -2.09. The summed E-state index contributed by atoms with van der Waals surface area (Å²) in [4.78, 5) is 31.6. The second kappa shape index (κ2) is 6.38. The summed E-state index contributed by atoms with van der Waals surface area (Å²) in [6.45, 7) is 3.26. The fraction of sp³-hybridized carbons (Fsp3) is 0.583. The van der Waals surface area contributed by atoms with Crippen LogP contribution in [-0.4, -0.2) is 63.8 Å². The average molecular weight is 282 g/mol. The molecule has 1 aliphatic heterocycles. The maximum absolute atomic E-state index is 12.1. The standard InChI is InChI=1S/C12H18N4O4/c1-8-6-20-3-2-16(8)12(19)15-10(11(17)18)4-9-5-13-7-14-9/h5,7-8,10H,2-4,6H2,1H3,(H,13,14)(H,15,19)(H,17,18)/t8?,10-/m1/s1. The van der Waals surface area contributed by atoms with Gasteiger partial charge in [-0.1, -0.05) is 0 Å². The van der Waals surface area contributed by atoms with Crippen LogP contribution >= 0.6 is 0 Å². The van der Waals surface area contributed by atoms with Gasteiger partial charge in [0.15, 0.2) is 0 Å². The van der Waals surface area contributed by atoms with Crippen LogP contribution in [0.15, 0.2) is 12.5 Å². The van der Waals surface area contributed by atoms with Gasteiger partial charge in [-0.2, -0.15) is 0 Å². The highest BCUT2D eigenvalue weighted by Gasteiger charge is 2.28. The number of rotatable bonds is 4. The number of carbonyl (C=O) groups is 2. The molecule has 8 heteroatoms. The number of carboxylic acids is 1. The number of hydrogen-bond donors (Lipinski definition) is 3. The summed E-state index contributed by atoms with van der Waals surface area (Å²) in [6, 6.07) is -1.43. The van der Waals surface area contributed by atoms with Crippen LogP contribution in [-0.2, 0) is 16.0 Å². The van der Waals surface area contributed by atoms with Crippen LogP contribution in [0.4, 0.5) is 4.79 Å². The molecule has 3 N–H and O–H groups in total. The van der Waals surface area contributed by atoms with Crippen LogP contribution in [0.1, 0.15) is 12.6 Å². The SMILES string of the molecule is CC1COCCN1C(=O)N[C@H](Cc1cnc[nH]1)C(=O)O. The normalized spacial score (nSPS) is 20.4. The maximum atomic E-state index is 12.1. The number of aromatic amines is 1. The molecule has 2 heterocycles. The van der Waals surface area contributed by atoms with Crippen molar-refractivity contribution in [2.45, 2.75) is 25.4 Å². The lowest BCUT2D eigenvalue weighted by Gasteiger charge is -2.34. The largest absolute Gasteiger partial charge is 0.480 e. The van der Waals surface area contributed by atoms with E-state index in [1.54, 1.807) is 11.1 Å². The molecular formula is C12H18N4O4. The van der Waals surface area contributed by atoms with Crippen molar-refractivity contribution in [2.75, 3.05) is 19.8 Å². The highest BCUT2D eigenvalue weighted by molar-refractivity contribution is 5.83. The number of carboxylic acid groups (broad SMARTS) is 1.